The van der Waals surface area contributed by atoms with E-state index in [4.69, 9.17) is 10.3 Å². The summed E-state index contributed by atoms with van der Waals surface area (Å²) in [5.41, 5.74) is 6.87. The van der Waals surface area contributed by atoms with Gasteiger partial charge in [-0.1, -0.05) is 0 Å². The van der Waals surface area contributed by atoms with Crippen LogP contribution in [-0.4, -0.2) is 23.2 Å². The molecule has 1 aliphatic rings. The molecule has 0 radical (unpaired) electrons. The number of aryl methyl sites for hydroxylation is 1. The lowest BCUT2D eigenvalue weighted by Crippen LogP contribution is -2.30. The molecule has 0 atom stereocenters. The van der Waals surface area contributed by atoms with Crippen molar-refractivity contribution in [3.63, 3.8) is 0 Å². The van der Waals surface area contributed by atoms with Gasteiger partial charge in [0.1, 0.15) is 0 Å². The molecule has 3 heterocycles. The van der Waals surface area contributed by atoms with E-state index in [2.05, 4.69) is 15.0 Å². The van der Waals surface area contributed by atoms with Crippen LogP contribution >= 0.6 is 11.3 Å². The maximum atomic E-state index is 5.78. The Bertz CT molecular complexity index is 542. The van der Waals surface area contributed by atoms with E-state index < -0.39 is 0 Å². The zero-order chi connectivity index (χ0) is 12.5. The van der Waals surface area contributed by atoms with Crippen molar-refractivity contribution in [1.82, 2.24) is 10.1 Å². The summed E-state index contributed by atoms with van der Waals surface area (Å²) in [6.45, 7) is 4.04. The Hall–Kier alpha value is -1.56. The molecular weight excluding hydrogens is 248 g/mol. The van der Waals surface area contributed by atoms with Gasteiger partial charge in [0.15, 0.2) is 0 Å². The predicted octanol–water partition coefficient (Wildman–Crippen LogP) is 2.68. The van der Waals surface area contributed by atoms with Crippen molar-refractivity contribution in [3.05, 3.63) is 11.6 Å². The van der Waals surface area contributed by atoms with Crippen LogP contribution in [0.5, 0.6) is 0 Å². The molecule has 6 heteroatoms. The fraction of sp³-hybridized carbons (Fsp3) is 0.500. The summed E-state index contributed by atoms with van der Waals surface area (Å²) in [7, 11) is 0. The van der Waals surface area contributed by atoms with Crippen molar-refractivity contribution in [3.8, 4) is 10.8 Å². The highest BCUT2D eigenvalue weighted by Crippen LogP contribution is 2.33. The molecule has 0 aromatic carbocycles. The molecule has 0 aliphatic carbocycles. The monoisotopic (exact) mass is 264 g/mol. The predicted molar refractivity (Wildman–Crippen MR) is 72.8 cm³/mol. The van der Waals surface area contributed by atoms with Crippen molar-refractivity contribution >= 4 is 22.3 Å². The zero-order valence-corrected chi connectivity index (χ0v) is 11.2. The molecule has 2 aromatic rings. The fourth-order valence-corrected chi connectivity index (χ4v) is 3.11. The lowest BCUT2D eigenvalue weighted by molar-refractivity contribution is 0.427. The average Bonchev–Trinajstić information content (AvgIpc) is 2.97. The van der Waals surface area contributed by atoms with Gasteiger partial charge in [0, 0.05) is 13.1 Å². The molecule has 96 valence electrons. The van der Waals surface area contributed by atoms with Crippen LogP contribution in [0.25, 0.3) is 10.8 Å². The zero-order valence-electron chi connectivity index (χ0n) is 10.3. The van der Waals surface area contributed by atoms with Crippen molar-refractivity contribution in [2.24, 2.45) is 0 Å². The summed E-state index contributed by atoms with van der Waals surface area (Å²) >= 11 is 1.49. The quantitative estimate of drug-likeness (QED) is 0.903. The molecule has 0 saturated carbocycles. The second kappa shape index (κ2) is 4.61. The summed E-state index contributed by atoms with van der Waals surface area (Å²) in [5, 5.41) is 4.85. The van der Waals surface area contributed by atoms with Crippen LogP contribution < -0.4 is 10.6 Å². The first-order valence-electron chi connectivity index (χ1n) is 6.19. The summed E-state index contributed by atoms with van der Waals surface area (Å²) in [6.07, 6.45) is 3.70. The SMILES string of the molecule is Cc1cc(N)sc1-c1nc(N2CCCCC2)no1. The Labute approximate surface area is 110 Å². The number of anilines is 2. The van der Waals surface area contributed by atoms with E-state index in [1.807, 2.05) is 13.0 Å². The minimum absolute atomic E-state index is 0.578. The van der Waals surface area contributed by atoms with Gasteiger partial charge in [0.2, 0.25) is 0 Å². The normalized spacial score (nSPS) is 16.2. The van der Waals surface area contributed by atoms with Crippen LogP contribution in [-0.2, 0) is 0 Å². The number of hydrogen-bond acceptors (Lipinski definition) is 6. The standard InChI is InChI=1S/C12H16N4OS/c1-8-7-9(13)18-10(8)11-14-12(15-17-11)16-5-3-2-4-6-16/h7H,2-6,13H2,1H3. The van der Waals surface area contributed by atoms with Gasteiger partial charge in [-0.15, -0.1) is 11.3 Å². The number of nitrogen functional groups attached to an aromatic ring is 1. The molecule has 2 N–H and O–H groups in total. The van der Waals surface area contributed by atoms with Crippen LogP contribution in [0, 0.1) is 6.92 Å². The van der Waals surface area contributed by atoms with Gasteiger partial charge in [-0.05, 0) is 43.0 Å². The molecule has 5 nitrogen and oxygen atoms in total. The fourth-order valence-electron chi connectivity index (χ4n) is 2.25. The molecule has 2 aromatic heterocycles. The summed E-state index contributed by atoms with van der Waals surface area (Å²) in [6, 6.07) is 1.94. The van der Waals surface area contributed by atoms with Gasteiger partial charge < -0.3 is 15.2 Å². The number of thiophene rings is 1. The number of hydrogen-bond donors (Lipinski definition) is 1. The van der Waals surface area contributed by atoms with Gasteiger partial charge in [-0.3, -0.25) is 0 Å². The summed E-state index contributed by atoms with van der Waals surface area (Å²) < 4.78 is 5.35. The minimum Gasteiger partial charge on any atom is -0.391 e. The molecule has 18 heavy (non-hydrogen) atoms. The Morgan fingerprint density at radius 2 is 2.11 bits per heavy atom. The second-order valence-electron chi connectivity index (χ2n) is 4.61. The van der Waals surface area contributed by atoms with E-state index in [1.54, 1.807) is 0 Å². The molecule has 0 spiro atoms. The maximum Gasteiger partial charge on any atom is 0.269 e. The first-order valence-corrected chi connectivity index (χ1v) is 7.00. The third-order valence-corrected chi connectivity index (χ3v) is 4.24. The molecule has 0 bridgehead atoms. The van der Waals surface area contributed by atoms with Crippen molar-refractivity contribution < 1.29 is 4.52 Å². The number of piperidine rings is 1. The highest BCUT2D eigenvalue weighted by molar-refractivity contribution is 7.19. The van der Waals surface area contributed by atoms with Crippen LogP contribution in [0.3, 0.4) is 0 Å². The molecule has 0 unspecified atom stereocenters. The van der Waals surface area contributed by atoms with E-state index in [-0.39, 0.29) is 0 Å². The Kier molecular flexibility index (Phi) is 2.95. The van der Waals surface area contributed by atoms with E-state index >= 15 is 0 Å². The number of nitrogens with zero attached hydrogens (tertiary/aromatic N) is 3. The summed E-state index contributed by atoms with van der Waals surface area (Å²) in [4.78, 5) is 7.64. The number of rotatable bonds is 2. The lowest BCUT2D eigenvalue weighted by Gasteiger charge is -2.24. The highest BCUT2D eigenvalue weighted by Gasteiger charge is 2.19. The maximum absolute atomic E-state index is 5.78. The van der Waals surface area contributed by atoms with Crippen molar-refractivity contribution in [1.29, 1.82) is 0 Å². The Morgan fingerprint density at radius 1 is 1.33 bits per heavy atom. The second-order valence-corrected chi connectivity index (χ2v) is 5.69. The third-order valence-electron chi connectivity index (χ3n) is 3.19. The largest absolute Gasteiger partial charge is 0.391 e. The van der Waals surface area contributed by atoms with E-state index in [0.29, 0.717) is 11.8 Å². The van der Waals surface area contributed by atoms with Crippen molar-refractivity contribution in [2.45, 2.75) is 26.2 Å². The van der Waals surface area contributed by atoms with Gasteiger partial charge in [-0.2, -0.15) is 4.98 Å². The first kappa shape index (κ1) is 11.5. The molecule has 1 fully saturated rings. The van der Waals surface area contributed by atoms with Crippen LogP contribution in [0.15, 0.2) is 10.6 Å². The van der Waals surface area contributed by atoms with Gasteiger partial charge in [0.05, 0.1) is 9.88 Å². The Morgan fingerprint density at radius 3 is 2.78 bits per heavy atom. The van der Waals surface area contributed by atoms with Crippen LogP contribution in [0.2, 0.25) is 0 Å². The third kappa shape index (κ3) is 2.08. The minimum atomic E-state index is 0.578. The topological polar surface area (TPSA) is 68.2 Å². The smallest absolute Gasteiger partial charge is 0.269 e. The van der Waals surface area contributed by atoms with Crippen LogP contribution in [0.1, 0.15) is 24.8 Å². The van der Waals surface area contributed by atoms with E-state index in [9.17, 15) is 0 Å². The van der Waals surface area contributed by atoms with Crippen LogP contribution in [0.4, 0.5) is 10.9 Å². The van der Waals surface area contributed by atoms with E-state index in [0.717, 1.165) is 28.5 Å². The Balaban J connectivity index is 1.86. The van der Waals surface area contributed by atoms with Crippen molar-refractivity contribution in [2.75, 3.05) is 23.7 Å². The first-order chi connectivity index (χ1) is 8.74. The molecule has 1 saturated heterocycles. The van der Waals surface area contributed by atoms with Gasteiger partial charge in [0.25, 0.3) is 11.8 Å². The molecule has 1 aliphatic heterocycles. The van der Waals surface area contributed by atoms with Gasteiger partial charge in [-0.25, -0.2) is 0 Å². The highest BCUT2D eigenvalue weighted by atomic mass is 32.1. The lowest BCUT2D eigenvalue weighted by atomic mass is 10.1. The molecular formula is C12H16N4OS. The molecule has 0 amide bonds. The average molecular weight is 264 g/mol. The molecule has 3 rings (SSSR count). The number of aromatic nitrogens is 2. The summed E-state index contributed by atoms with van der Waals surface area (Å²) in [5.74, 6) is 1.28. The number of nitrogens with two attached hydrogens (primary N) is 1. The van der Waals surface area contributed by atoms with E-state index in [1.165, 1.54) is 30.6 Å². The van der Waals surface area contributed by atoms with Gasteiger partial charge >= 0.3 is 0 Å².